The summed E-state index contributed by atoms with van der Waals surface area (Å²) in [5, 5.41) is 14.9. The minimum atomic E-state index is -2.34. The summed E-state index contributed by atoms with van der Waals surface area (Å²) < 4.78 is 22.7. The van der Waals surface area contributed by atoms with Gasteiger partial charge in [0.05, 0.1) is 18.8 Å². The first-order chi connectivity index (χ1) is 16.4. The summed E-state index contributed by atoms with van der Waals surface area (Å²) in [6, 6.07) is 3.80. The van der Waals surface area contributed by atoms with Crippen LogP contribution in [0.15, 0.2) is 23.5 Å². The van der Waals surface area contributed by atoms with Crippen molar-refractivity contribution in [2.24, 2.45) is 4.99 Å². The zero-order valence-electron chi connectivity index (χ0n) is 23.6. The van der Waals surface area contributed by atoms with Gasteiger partial charge in [0.15, 0.2) is 28.1 Å². The molecule has 0 spiro atoms. The average molecular weight is 536 g/mol. The van der Waals surface area contributed by atoms with Gasteiger partial charge in [-0.2, -0.15) is 5.10 Å². The van der Waals surface area contributed by atoms with E-state index in [1.807, 2.05) is 12.1 Å². The monoisotopic (exact) mass is 535 g/mol. The fraction of sp³-hybridized carbons (Fsp3) is 0.720. The molecule has 11 heteroatoms. The molecule has 0 bridgehead atoms. The standard InChI is InChI=1S/C25H45N5O4Si2/c1-23(2,3)35(8,9)33-20-18(14-31)32-25(15-27-7,21(20)34-36(10,11)24(4,5)6)19-13-12-17-22(26)28-16-29-30(17)19/h12-13,16,18,20-21,31H,7,14-15H2,1-6,8-11H3,(H2,26,28,29)/t18-,20?,21?,25+/m1/s1. The van der Waals surface area contributed by atoms with E-state index < -0.39 is 40.5 Å². The van der Waals surface area contributed by atoms with Crippen molar-refractivity contribution in [3.8, 4) is 0 Å². The summed E-state index contributed by atoms with van der Waals surface area (Å²) in [4.78, 5) is 8.45. The normalized spacial score (nSPS) is 26.0. The molecule has 1 aliphatic heterocycles. The number of aliphatic hydroxyl groups is 1. The highest BCUT2D eigenvalue weighted by Gasteiger charge is 2.62. The van der Waals surface area contributed by atoms with Crippen molar-refractivity contribution in [2.45, 2.75) is 102 Å². The maximum absolute atomic E-state index is 10.5. The van der Waals surface area contributed by atoms with Crippen LogP contribution in [-0.2, 0) is 19.2 Å². The van der Waals surface area contributed by atoms with Gasteiger partial charge in [0.2, 0.25) is 0 Å². The number of aliphatic hydroxyl groups excluding tert-OH is 1. The molecule has 0 radical (unpaired) electrons. The highest BCUT2D eigenvalue weighted by atomic mass is 28.4. The van der Waals surface area contributed by atoms with Crippen LogP contribution in [0, 0.1) is 0 Å². The Kier molecular flexibility index (Phi) is 7.71. The molecule has 3 rings (SSSR count). The largest absolute Gasteiger partial charge is 0.408 e. The quantitative estimate of drug-likeness (QED) is 0.380. The van der Waals surface area contributed by atoms with Crippen LogP contribution in [0.3, 0.4) is 0 Å². The first kappa shape index (κ1) is 28.9. The smallest absolute Gasteiger partial charge is 0.192 e. The number of ether oxygens (including phenoxy) is 1. The van der Waals surface area contributed by atoms with E-state index in [1.165, 1.54) is 6.33 Å². The maximum Gasteiger partial charge on any atom is 0.192 e. The number of nitrogens with zero attached hydrogens (tertiary/aromatic N) is 4. The zero-order chi connectivity index (χ0) is 27.3. The Hall–Kier alpha value is -1.64. The van der Waals surface area contributed by atoms with Gasteiger partial charge in [-0.3, -0.25) is 4.99 Å². The number of hydrogen-bond donors (Lipinski definition) is 2. The van der Waals surface area contributed by atoms with E-state index in [1.54, 1.807) is 4.52 Å². The summed E-state index contributed by atoms with van der Waals surface area (Å²) in [6.07, 6.45) is -0.242. The molecule has 2 aromatic heterocycles. The number of hydrogen-bond acceptors (Lipinski definition) is 8. The number of aliphatic imine (C=N–C) groups is 1. The van der Waals surface area contributed by atoms with Crippen molar-refractivity contribution in [3.63, 3.8) is 0 Å². The molecular weight excluding hydrogens is 490 g/mol. The van der Waals surface area contributed by atoms with E-state index in [9.17, 15) is 5.11 Å². The van der Waals surface area contributed by atoms with E-state index in [0.717, 1.165) is 5.69 Å². The number of aromatic nitrogens is 3. The Morgan fingerprint density at radius 1 is 1.11 bits per heavy atom. The Balaban J connectivity index is 2.27. The minimum absolute atomic E-state index is 0.0418. The predicted molar refractivity (Wildman–Crippen MR) is 150 cm³/mol. The molecule has 0 amide bonds. The summed E-state index contributed by atoms with van der Waals surface area (Å²) in [5.74, 6) is 0.366. The molecule has 4 atom stereocenters. The Labute approximate surface area is 217 Å². The molecular formula is C25H45N5O4Si2. The predicted octanol–water partition coefficient (Wildman–Crippen LogP) is 4.38. The van der Waals surface area contributed by atoms with E-state index in [-0.39, 0.29) is 23.2 Å². The zero-order valence-corrected chi connectivity index (χ0v) is 25.6. The number of anilines is 1. The summed E-state index contributed by atoms with van der Waals surface area (Å²) >= 11 is 0. The third-order valence-electron chi connectivity index (χ3n) is 8.39. The van der Waals surface area contributed by atoms with Crippen LogP contribution < -0.4 is 5.73 Å². The molecule has 1 aliphatic rings. The van der Waals surface area contributed by atoms with Gasteiger partial charge in [0.25, 0.3) is 0 Å². The molecule has 0 saturated carbocycles. The van der Waals surface area contributed by atoms with Gasteiger partial charge < -0.3 is 24.4 Å². The molecule has 202 valence electrons. The third-order valence-corrected chi connectivity index (χ3v) is 17.3. The Morgan fingerprint density at radius 2 is 1.69 bits per heavy atom. The van der Waals surface area contributed by atoms with Crippen LogP contribution in [0.25, 0.3) is 5.52 Å². The second-order valence-corrected chi connectivity index (χ2v) is 22.4. The van der Waals surface area contributed by atoms with Gasteiger partial charge in [-0.05, 0) is 55.1 Å². The molecule has 0 aliphatic carbocycles. The summed E-state index contributed by atoms with van der Waals surface area (Å²) in [6.45, 7) is 25.9. The van der Waals surface area contributed by atoms with Gasteiger partial charge in [0, 0.05) is 0 Å². The third kappa shape index (κ3) is 4.93. The van der Waals surface area contributed by atoms with Crippen molar-refractivity contribution in [1.29, 1.82) is 0 Å². The van der Waals surface area contributed by atoms with E-state index in [4.69, 9.17) is 19.3 Å². The SMILES string of the molecule is C=NC[C@@]1(c2ccc3c(N)ncnn23)O[C@H](CO)C(O[Si](C)(C)C(C)(C)C)C1O[Si](C)(C)C(C)(C)C. The van der Waals surface area contributed by atoms with Gasteiger partial charge in [-0.25, -0.2) is 9.50 Å². The molecule has 3 N–H and O–H groups in total. The van der Waals surface area contributed by atoms with Crippen LogP contribution in [0.1, 0.15) is 47.2 Å². The highest BCUT2D eigenvalue weighted by molar-refractivity contribution is 6.74. The molecule has 36 heavy (non-hydrogen) atoms. The fourth-order valence-electron chi connectivity index (χ4n) is 4.17. The van der Waals surface area contributed by atoms with Crippen LogP contribution >= 0.6 is 0 Å². The number of nitrogen functional groups attached to an aromatic ring is 1. The Bertz CT molecular complexity index is 1090. The molecule has 1 fully saturated rings. The lowest BCUT2D eigenvalue weighted by molar-refractivity contribution is -0.0918. The molecule has 3 heterocycles. The lowest BCUT2D eigenvalue weighted by Gasteiger charge is -2.46. The van der Waals surface area contributed by atoms with E-state index in [0.29, 0.717) is 11.3 Å². The molecule has 0 aromatic carbocycles. The maximum atomic E-state index is 10.5. The summed E-state index contributed by atoms with van der Waals surface area (Å²) in [7, 11) is -4.62. The molecule has 2 unspecified atom stereocenters. The number of nitrogens with two attached hydrogens (primary N) is 1. The second kappa shape index (κ2) is 9.59. The van der Waals surface area contributed by atoms with Crippen LogP contribution in [0.2, 0.25) is 36.3 Å². The number of fused-ring (bicyclic) bond motifs is 1. The van der Waals surface area contributed by atoms with Crippen molar-refractivity contribution in [3.05, 3.63) is 24.2 Å². The minimum Gasteiger partial charge on any atom is -0.408 e. The van der Waals surface area contributed by atoms with Crippen molar-refractivity contribution < 1.29 is 18.7 Å². The topological polar surface area (TPSA) is 116 Å². The van der Waals surface area contributed by atoms with Crippen molar-refractivity contribution >= 4 is 34.7 Å². The van der Waals surface area contributed by atoms with Crippen LogP contribution in [0.5, 0.6) is 0 Å². The van der Waals surface area contributed by atoms with Gasteiger partial charge in [0.1, 0.15) is 30.2 Å². The van der Waals surface area contributed by atoms with Gasteiger partial charge in [-0.1, -0.05) is 41.5 Å². The molecule has 1 saturated heterocycles. The van der Waals surface area contributed by atoms with Crippen molar-refractivity contribution in [1.82, 2.24) is 14.6 Å². The lowest BCUT2D eigenvalue weighted by Crippen LogP contribution is -2.57. The Morgan fingerprint density at radius 3 is 2.22 bits per heavy atom. The first-order valence-corrected chi connectivity index (χ1v) is 18.4. The lowest BCUT2D eigenvalue weighted by atomic mass is 9.91. The van der Waals surface area contributed by atoms with Crippen LogP contribution in [0.4, 0.5) is 5.82 Å². The van der Waals surface area contributed by atoms with Gasteiger partial charge >= 0.3 is 0 Å². The highest BCUT2D eigenvalue weighted by Crippen LogP contribution is 2.50. The van der Waals surface area contributed by atoms with E-state index >= 15 is 0 Å². The molecule has 2 aromatic rings. The second-order valence-electron chi connectivity index (χ2n) is 12.9. The van der Waals surface area contributed by atoms with E-state index in [2.05, 4.69) is 89.5 Å². The molecule has 9 nitrogen and oxygen atoms in total. The fourth-order valence-corrected chi connectivity index (χ4v) is 6.79. The van der Waals surface area contributed by atoms with Crippen molar-refractivity contribution in [2.75, 3.05) is 18.9 Å². The first-order valence-electron chi connectivity index (χ1n) is 12.6. The number of rotatable bonds is 8. The van der Waals surface area contributed by atoms with Gasteiger partial charge in [-0.15, -0.1) is 0 Å². The van der Waals surface area contributed by atoms with Crippen LogP contribution in [-0.4, -0.2) is 74.5 Å². The summed E-state index contributed by atoms with van der Waals surface area (Å²) in [5.41, 5.74) is 6.46. The average Bonchev–Trinajstić information content (AvgIpc) is 3.28.